The second-order valence-electron chi connectivity index (χ2n) is 2.90. The van der Waals surface area contributed by atoms with Gasteiger partial charge in [0.15, 0.2) is 0 Å². The van der Waals surface area contributed by atoms with E-state index in [0.717, 1.165) is 19.4 Å². The number of aliphatic hydroxyl groups excluding tert-OH is 1. The highest BCUT2D eigenvalue weighted by Crippen LogP contribution is 2.05. The first-order valence-electron chi connectivity index (χ1n) is 4.57. The fourth-order valence-electron chi connectivity index (χ4n) is 1.05. The monoisotopic (exact) mass is 191 g/mol. The van der Waals surface area contributed by atoms with Crippen LogP contribution in [-0.4, -0.2) is 23.2 Å². The van der Waals surface area contributed by atoms with Gasteiger partial charge in [-0.15, -0.1) is 0 Å². The van der Waals surface area contributed by atoms with E-state index in [1.54, 1.807) is 18.3 Å². The summed E-state index contributed by atoms with van der Waals surface area (Å²) >= 11 is 0. The summed E-state index contributed by atoms with van der Waals surface area (Å²) in [5, 5.41) is 20.3. The van der Waals surface area contributed by atoms with Crippen molar-refractivity contribution in [2.75, 3.05) is 18.5 Å². The van der Waals surface area contributed by atoms with Crippen molar-refractivity contribution in [3.05, 3.63) is 23.9 Å². The third-order valence-corrected chi connectivity index (χ3v) is 1.78. The molecule has 0 saturated carbocycles. The summed E-state index contributed by atoms with van der Waals surface area (Å²) in [6.07, 6.45) is 3.28. The summed E-state index contributed by atoms with van der Waals surface area (Å²) in [5.41, 5.74) is 0.602. The number of nitrogens with zero attached hydrogens (tertiary/aromatic N) is 2. The minimum Gasteiger partial charge on any atom is -0.396 e. The van der Waals surface area contributed by atoms with Gasteiger partial charge >= 0.3 is 0 Å². The molecule has 2 N–H and O–H groups in total. The Balaban J connectivity index is 2.39. The van der Waals surface area contributed by atoms with Gasteiger partial charge in [0.1, 0.15) is 5.82 Å². The highest BCUT2D eigenvalue weighted by molar-refractivity contribution is 5.42. The van der Waals surface area contributed by atoms with E-state index in [1.165, 1.54) is 0 Å². The van der Waals surface area contributed by atoms with Gasteiger partial charge in [-0.25, -0.2) is 4.98 Å². The molecule has 0 radical (unpaired) electrons. The number of anilines is 1. The molecule has 0 aromatic carbocycles. The van der Waals surface area contributed by atoms with Crippen molar-refractivity contribution in [1.82, 2.24) is 4.98 Å². The largest absolute Gasteiger partial charge is 0.396 e. The zero-order chi connectivity index (χ0) is 10.2. The molecule has 0 saturated heterocycles. The standard InChI is InChI=1S/C10H13N3O/c11-8-9-3-5-13-10(7-9)12-4-1-2-6-14/h3,5,7,14H,1-2,4,6H2,(H,12,13). The van der Waals surface area contributed by atoms with Crippen LogP contribution in [0.2, 0.25) is 0 Å². The third kappa shape index (κ3) is 3.42. The summed E-state index contributed by atoms with van der Waals surface area (Å²) in [7, 11) is 0. The third-order valence-electron chi connectivity index (χ3n) is 1.78. The molecule has 0 spiro atoms. The first kappa shape index (κ1) is 10.5. The van der Waals surface area contributed by atoms with Gasteiger partial charge in [-0.1, -0.05) is 0 Å². The van der Waals surface area contributed by atoms with E-state index in [0.29, 0.717) is 11.4 Å². The number of aliphatic hydroxyl groups is 1. The number of rotatable bonds is 5. The number of hydrogen-bond donors (Lipinski definition) is 2. The number of nitriles is 1. The van der Waals surface area contributed by atoms with Gasteiger partial charge in [-0.2, -0.15) is 5.26 Å². The van der Waals surface area contributed by atoms with E-state index < -0.39 is 0 Å². The van der Waals surface area contributed by atoms with Gasteiger partial charge in [-0.3, -0.25) is 0 Å². The van der Waals surface area contributed by atoms with Crippen molar-refractivity contribution in [2.24, 2.45) is 0 Å². The Bertz CT molecular complexity index is 319. The van der Waals surface area contributed by atoms with Gasteiger partial charge in [0.2, 0.25) is 0 Å². The van der Waals surface area contributed by atoms with Crippen molar-refractivity contribution < 1.29 is 5.11 Å². The van der Waals surface area contributed by atoms with Gasteiger partial charge in [0, 0.05) is 19.3 Å². The maximum absolute atomic E-state index is 8.63. The summed E-state index contributed by atoms with van der Waals surface area (Å²) < 4.78 is 0. The number of pyridine rings is 1. The molecule has 0 bridgehead atoms. The van der Waals surface area contributed by atoms with Crippen molar-refractivity contribution in [1.29, 1.82) is 5.26 Å². The Morgan fingerprint density at radius 1 is 1.50 bits per heavy atom. The van der Waals surface area contributed by atoms with Crippen molar-refractivity contribution in [3.8, 4) is 6.07 Å². The number of nitrogens with one attached hydrogen (secondary N) is 1. The number of hydrogen-bond acceptors (Lipinski definition) is 4. The quantitative estimate of drug-likeness (QED) is 0.685. The average molecular weight is 191 g/mol. The summed E-state index contributed by atoms with van der Waals surface area (Å²) in [4.78, 5) is 4.06. The van der Waals surface area contributed by atoms with Crippen molar-refractivity contribution >= 4 is 5.82 Å². The van der Waals surface area contributed by atoms with Crippen LogP contribution in [0.5, 0.6) is 0 Å². The van der Waals surface area contributed by atoms with Crippen LogP contribution in [0.1, 0.15) is 18.4 Å². The van der Waals surface area contributed by atoms with Crippen molar-refractivity contribution in [2.45, 2.75) is 12.8 Å². The molecule has 0 fully saturated rings. The van der Waals surface area contributed by atoms with Crippen LogP contribution >= 0.6 is 0 Å². The van der Waals surface area contributed by atoms with E-state index in [9.17, 15) is 0 Å². The van der Waals surface area contributed by atoms with E-state index in [-0.39, 0.29) is 6.61 Å². The Labute approximate surface area is 83.2 Å². The molecule has 0 aliphatic heterocycles. The minimum absolute atomic E-state index is 0.216. The zero-order valence-corrected chi connectivity index (χ0v) is 7.90. The van der Waals surface area contributed by atoms with E-state index in [2.05, 4.69) is 10.3 Å². The summed E-state index contributed by atoms with van der Waals surface area (Å²) in [5.74, 6) is 0.710. The lowest BCUT2D eigenvalue weighted by molar-refractivity contribution is 0.286. The summed E-state index contributed by atoms with van der Waals surface area (Å²) in [6.45, 7) is 0.982. The molecule has 14 heavy (non-hydrogen) atoms. The van der Waals surface area contributed by atoms with Crippen LogP contribution in [0.4, 0.5) is 5.82 Å². The topological polar surface area (TPSA) is 68.9 Å². The number of unbranched alkanes of at least 4 members (excludes halogenated alkanes) is 1. The highest BCUT2D eigenvalue weighted by atomic mass is 16.2. The Hall–Kier alpha value is -1.60. The molecule has 0 amide bonds. The molecule has 1 aromatic heterocycles. The SMILES string of the molecule is N#Cc1ccnc(NCCCCO)c1. The lowest BCUT2D eigenvalue weighted by atomic mass is 10.3. The first-order valence-corrected chi connectivity index (χ1v) is 4.57. The second-order valence-corrected chi connectivity index (χ2v) is 2.90. The van der Waals surface area contributed by atoms with Crippen LogP contribution in [-0.2, 0) is 0 Å². The lowest BCUT2D eigenvalue weighted by Gasteiger charge is -2.03. The smallest absolute Gasteiger partial charge is 0.127 e. The molecule has 1 aromatic rings. The molecule has 74 valence electrons. The van der Waals surface area contributed by atoms with Crippen LogP contribution in [0.3, 0.4) is 0 Å². The first-order chi connectivity index (χ1) is 6.86. The van der Waals surface area contributed by atoms with Gasteiger partial charge < -0.3 is 10.4 Å². The van der Waals surface area contributed by atoms with Gasteiger partial charge in [0.25, 0.3) is 0 Å². The van der Waals surface area contributed by atoms with Crippen LogP contribution in [0.15, 0.2) is 18.3 Å². The second kappa shape index (κ2) is 5.95. The van der Waals surface area contributed by atoms with E-state index in [4.69, 9.17) is 10.4 Å². The fraction of sp³-hybridized carbons (Fsp3) is 0.400. The van der Waals surface area contributed by atoms with Crippen LogP contribution in [0.25, 0.3) is 0 Å². The van der Waals surface area contributed by atoms with Gasteiger partial charge in [-0.05, 0) is 25.0 Å². The van der Waals surface area contributed by atoms with E-state index >= 15 is 0 Å². The molecule has 4 nitrogen and oxygen atoms in total. The predicted octanol–water partition coefficient (Wildman–Crippen LogP) is 1.14. The molecule has 0 unspecified atom stereocenters. The molecule has 0 aliphatic carbocycles. The number of aromatic nitrogens is 1. The molecule has 4 heteroatoms. The molecule has 0 aliphatic rings. The molecule has 1 heterocycles. The normalized spacial score (nSPS) is 9.43. The van der Waals surface area contributed by atoms with Gasteiger partial charge in [0.05, 0.1) is 11.6 Å². The highest BCUT2D eigenvalue weighted by Gasteiger charge is 1.94. The average Bonchev–Trinajstić information content (AvgIpc) is 2.25. The molecular formula is C10H13N3O. The van der Waals surface area contributed by atoms with E-state index in [1.807, 2.05) is 6.07 Å². The van der Waals surface area contributed by atoms with Crippen LogP contribution < -0.4 is 5.32 Å². The molecular weight excluding hydrogens is 178 g/mol. The molecule has 1 rings (SSSR count). The maximum atomic E-state index is 8.63. The Kier molecular flexibility index (Phi) is 4.45. The Morgan fingerprint density at radius 2 is 2.36 bits per heavy atom. The van der Waals surface area contributed by atoms with Crippen LogP contribution in [0, 0.1) is 11.3 Å². The predicted molar refractivity (Wildman–Crippen MR) is 53.8 cm³/mol. The summed E-state index contributed by atoms with van der Waals surface area (Å²) in [6, 6.07) is 5.42. The molecule has 0 atom stereocenters. The Morgan fingerprint density at radius 3 is 3.07 bits per heavy atom. The zero-order valence-electron chi connectivity index (χ0n) is 7.90. The van der Waals surface area contributed by atoms with Crippen molar-refractivity contribution in [3.63, 3.8) is 0 Å². The fourth-order valence-corrected chi connectivity index (χ4v) is 1.05. The maximum Gasteiger partial charge on any atom is 0.127 e. The lowest BCUT2D eigenvalue weighted by Crippen LogP contribution is -2.03. The minimum atomic E-state index is 0.216.